The van der Waals surface area contributed by atoms with Gasteiger partial charge in [-0.3, -0.25) is 0 Å². The zero-order valence-corrected chi connectivity index (χ0v) is 12.0. The Balaban J connectivity index is 2.81. The van der Waals surface area contributed by atoms with E-state index in [1.165, 1.54) is 0 Å². The van der Waals surface area contributed by atoms with E-state index in [9.17, 15) is 15.0 Å². The molecule has 2 rings (SSSR count). The zero-order chi connectivity index (χ0) is 14.9. The van der Waals surface area contributed by atoms with Crippen molar-refractivity contribution < 1.29 is 15.0 Å². The SMILES string of the molecule is CCc1nc2cccc(C(=O)O)c2n1[C@@H](CO)C(C)C. The number of carboxylic acid groups (broad SMARTS) is 1. The van der Waals surface area contributed by atoms with E-state index in [4.69, 9.17) is 0 Å². The van der Waals surface area contributed by atoms with Crippen molar-refractivity contribution in [2.24, 2.45) is 5.92 Å². The summed E-state index contributed by atoms with van der Waals surface area (Å²) in [6, 6.07) is 4.92. The van der Waals surface area contributed by atoms with Crippen LogP contribution in [0, 0.1) is 5.92 Å². The summed E-state index contributed by atoms with van der Waals surface area (Å²) in [5.41, 5.74) is 1.50. The third-order valence-electron chi connectivity index (χ3n) is 3.62. The molecule has 0 aliphatic heterocycles. The van der Waals surface area contributed by atoms with E-state index in [0.29, 0.717) is 17.5 Å². The predicted molar refractivity (Wildman–Crippen MR) is 77.0 cm³/mol. The van der Waals surface area contributed by atoms with E-state index in [-0.39, 0.29) is 24.1 Å². The van der Waals surface area contributed by atoms with E-state index >= 15 is 0 Å². The fourth-order valence-electron chi connectivity index (χ4n) is 2.57. The molecule has 5 heteroatoms. The number of fused-ring (bicyclic) bond motifs is 1. The number of aromatic carboxylic acids is 1. The Labute approximate surface area is 117 Å². The molecule has 0 unspecified atom stereocenters. The molecule has 5 nitrogen and oxygen atoms in total. The summed E-state index contributed by atoms with van der Waals surface area (Å²) < 4.78 is 1.89. The van der Waals surface area contributed by atoms with Gasteiger partial charge < -0.3 is 14.8 Å². The fraction of sp³-hybridized carbons (Fsp3) is 0.467. The molecule has 108 valence electrons. The second-order valence-corrected chi connectivity index (χ2v) is 5.22. The Morgan fingerprint density at radius 1 is 1.40 bits per heavy atom. The number of aliphatic hydroxyl groups excluding tert-OH is 1. The average molecular weight is 276 g/mol. The van der Waals surface area contributed by atoms with Gasteiger partial charge in [0.25, 0.3) is 0 Å². The van der Waals surface area contributed by atoms with Gasteiger partial charge in [-0.05, 0) is 18.1 Å². The van der Waals surface area contributed by atoms with Gasteiger partial charge in [0, 0.05) is 6.42 Å². The molecule has 0 bridgehead atoms. The molecule has 2 aromatic rings. The Morgan fingerprint density at radius 2 is 2.10 bits per heavy atom. The number of rotatable bonds is 5. The second kappa shape index (κ2) is 5.63. The van der Waals surface area contributed by atoms with Crippen LogP contribution in [0.15, 0.2) is 18.2 Å². The number of hydrogen-bond acceptors (Lipinski definition) is 3. The standard InChI is InChI=1S/C15H20N2O3/c1-4-13-16-11-7-5-6-10(15(19)20)14(11)17(13)12(8-18)9(2)3/h5-7,9,12,18H,4,8H2,1-3H3,(H,19,20)/t12-/m0/s1. The molecule has 0 fully saturated rings. The molecule has 0 radical (unpaired) electrons. The minimum Gasteiger partial charge on any atom is -0.478 e. The Morgan fingerprint density at radius 3 is 2.60 bits per heavy atom. The first kappa shape index (κ1) is 14.5. The lowest BCUT2D eigenvalue weighted by Gasteiger charge is -2.23. The summed E-state index contributed by atoms with van der Waals surface area (Å²) in [5.74, 6) is 0.0193. The van der Waals surface area contributed by atoms with Gasteiger partial charge in [-0.1, -0.05) is 26.8 Å². The van der Waals surface area contributed by atoms with Crippen molar-refractivity contribution in [3.63, 3.8) is 0 Å². The number of aryl methyl sites for hydroxylation is 1. The lowest BCUT2D eigenvalue weighted by Crippen LogP contribution is -2.22. The highest BCUT2D eigenvalue weighted by molar-refractivity contribution is 6.01. The molecule has 0 aliphatic rings. The topological polar surface area (TPSA) is 75.3 Å². The molecule has 1 atom stereocenters. The average Bonchev–Trinajstić information content (AvgIpc) is 2.77. The van der Waals surface area contributed by atoms with Gasteiger partial charge in [-0.25, -0.2) is 9.78 Å². The van der Waals surface area contributed by atoms with Crippen molar-refractivity contribution in [2.75, 3.05) is 6.61 Å². The summed E-state index contributed by atoms with van der Waals surface area (Å²) in [6.07, 6.45) is 0.691. The van der Waals surface area contributed by atoms with E-state index in [2.05, 4.69) is 4.98 Å². The van der Waals surface area contributed by atoms with Crippen LogP contribution in [0.3, 0.4) is 0 Å². The first-order valence-electron chi connectivity index (χ1n) is 6.85. The van der Waals surface area contributed by atoms with Crippen LogP contribution in [0.25, 0.3) is 11.0 Å². The summed E-state index contributed by atoms with van der Waals surface area (Å²) in [5, 5.41) is 19.1. The molecule has 2 N–H and O–H groups in total. The molecule has 0 amide bonds. The summed E-state index contributed by atoms with van der Waals surface area (Å²) in [6.45, 7) is 5.96. The maximum Gasteiger partial charge on any atom is 0.337 e. The van der Waals surface area contributed by atoms with E-state index in [1.807, 2.05) is 31.4 Å². The number of aromatic nitrogens is 2. The molecular weight excluding hydrogens is 256 g/mol. The van der Waals surface area contributed by atoms with Gasteiger partial charge in [0.1, 0.15) is 5.82 Å². The number of benzene rings is 1. The Kier molecular flexibility index (Phi) is 4.09. The molecule has 0 saturated heterocycles. The summed E-state index contributed by atoms with van der Waals surface area (Å²) in [4.78, 5) is 16.0. The highest BCUT2D eigenvalue weighted by Crippen LogP contribution is 2.28. The molecule has 20 heavy (non-hydrogen) atoms. The monoisotopic (exact) mass is 276 g/mol. The van der Waals surface area contributed by atoms with Gasteiger partial charge in [0.2, 0.25) is 0 Å². The lowest BCUT2D eigenvalue weighted by molar-refractivity contribution is 0.0698. The van der Waals surface area contributed by atoms with Gasteiger partial charge >= 0.3 is 5.97 Å². The predicted octanol–water partition coefficient (Wildman–Crippen LogP) is 2.49. The smallest absolute Gasteiger partial charge is 0.337 e. The molecule has 1 aromatic heterocycles. The van der Waals surface area contributed by atoms with Crippen molar-refractivity contribution in [1.29, 1.82) is 0 Å². The molecule has 1 heterocycles. The third-order valence-corrected chi connectivity index (χ3v) is 3.62. The maximum atomic E-state index is 11.4. The van der Waals surface area contributed by atoms with Gasteiger partial charge in [0.05, 0.1) is 29.2 Å². The van der Waals surface area contributed by atoms with Crippen molar-refractivity contribution in [3.05, 3.63) is 29.6 Å². The fourth-order valence-corrected chi connectivity index (χ4v) is 2.57. The first-order chi connectivity index (χ1) is 9.51. The van der Waals surface area contributed by atoms with Crippen LogP contribution in [0.1, 0.15) is 43.0 Å². The largest absolute Gasteiger partial charge is 0.478 e. The van der Waals surface area contributed by atoms with Crippen LogP contribution < -0.4 is 0 Å². The minimum absolute atomic E-state index is 0.0376. The lowest BCUT2D eigenvalue weighted by atomic mass is 10.0. The van der Waals surface area contributed by atoms with Gasteiger partial charge in [-0.15, -0.1) is 0 Å². The Hall–Kier alpha value is -1.88. The number of aliphatic hydroxyl groups is 1. The molecular formula is C15H20N2O3. The first-order valence-corrected chi connectivity index (χ1v) is 6.85. The quantitative estimate of drug-likeness (QED) is 0.879. The van der Waals surface area contributed by atoms with E-state index in [1.54, 1.807) is 12.1 Å². The summed E-state index contributed by atoms with van der Waals surface area (Å²) in [7, 11) is 0. The number of imidazole rings is 1. The molecule has 0 saturated carbocycles. The zero-order valence-electron chi connectivity index (χ0n) is 12.0. The van der Waals surface area contributed by atoms with Crippen LogP contribution in [-0.4, -0.2) is 32.3 Å². The number of hydrogen-bond donors (Lipinski definition) is 2. The Bertz CT molecular complexity index is 631. The number of carboxylic acids is 1. The van der Waals surface area contributed by atoms with Gasteiger partial charge in [0.15, 0.2) is 0 Å². The normalized spacial score (nSPS) is 13.1. The van der Waals surface area contributed by atoms with Crippen molar-refractivity contribution >= 4 is 17.0 Å². The van der Waals surface area contributed by atoms with Gasteiger partial charge in [-0.2, -0.15) is 0 Å². The number of para-hydroxylation sites is 1. The maximum absolute atomic E-state index is 11.4. The van der Waals surface area contributed by atoms with Crippen LogP contribution in [-0.2, 0) is 6.42 Å². The molecule has 1 aromatic carbocycles. The van der Waals surface area contributed by atoms with Crippen LogP contribution in [0.2, 0.25) is 0 Å². The van der Waals surface area contributed by atoms with Crippen LogP contribution in [0.5, 0.6) is 0 Å². The molecule has 0 spiro atoms. The van der Waals surface area contributed by atoms with E-state index < -0.39 is 5.97 Å². The number of nitrogens with zero attached hydrogens (tertiary/aromatic N) is 2. The van der Waals surface area contributed by atoms with Crippen molar-refractivity contribution in [2.45, 2.75) is 33.2 Å². The highest BCUT2D eigenvalue weighted by atomic mass is 16.4. The van der Waals surface area contributed by atoms with Crippen molar-refractivity contribution in [1.82, 2.24) is 9.55 Å². The second-order valence-electron chi connectivity index (χ2n) is 5.22. The summed E-state index contributed by atoms with van der Waals surface area (Å²) >= 11 is 0. The van der Waals surface area contributed by atoms with Crippen LogP contribution >= 0.6 is 0 Å². The highest BCUT2D eigenvalue weighted by Gasteiger charge is 2.24. The van der Waals surface area contributed by atoms with Crippen LogP contribution in [0.4, 0.5) is 0 Å². The van der Waals surface area contributed by atoms with E-state index in [0.717, 1.165) is 5.82 Å². The third kappa shape index (κ3) is 2.29. The van der Waals surface area contributed by atoms with Crippen molar-refractivity contribution in [3.8, 4) is 0 Å². The minimum atomic E-state index is -0.972. The number of carbonyl (C=O) groups is 1. The molecule has 0 aliphatic carbocycles.